The molecule has 0 aliphatic heterocycles. The Labute approximate surface area is 109 Å². The lowest BCUT2D eigenvalue weighted by molar-refractivity contribution is -0.385. The van der Waals surface area contributed by atoms with E-state index >= 15 is 0 Å². The van der Waals surface area contributed by atoms with E-state index in [4.69, 9.17) is 11.6 Å². The Morgan fingerprint density at radius 1 is 1.50 bits per heavy atom. The molecule has 10 heteroatoms. The van der Waals surface area contributed by atoms with Crippen LogP contribution in [0.4, 0.5) is 10.7 Å². The molecule has 0 spiro atoms. The third kappa shape index (κ3) is 2.57. The Bertz CT molecular complexity index is 603. The third-order valence-corrected chi connectivity index (χ3v) is 2.76. The Morgan fingerprint density at radius 3 is 2.89 bits per heavy atom. The largest absolute Gasteiger partial charge is 0.311 e. The first-order valence-electron chi connectivity index (χ1n) is 4.46. The summed E-state index contributed by atoms with van der Waals surface area (Å²) in [4.78, 5) is 25.3. The van der Waals surface area contributed by atoms with Gasteiger partial charge in [0.05, 0.1) is 16.7 Å². The lowest BCUT2D eigenvalue weighted by atomic mass is 10.2. The molecule has 8 nitrogen and oxygen atoms in total. The van der Waals surface area contributed by atoms with Gasteiger partial charge in [-0.25, -0.2) is 4.98 Å². The molecule has 0 radical (unpaired) electrons. The number of hydrogen-bond donors (Lipinski definition) is 1. The van der Waals surface area contributed by atoms with Crippen LogP contribution in [0.25, 0.3) is 0 Å². The first-order chi connectivity index (χ1) is 8.58. The van der Waals surface area contributed by atoms with Crippen LogP contribution < -0.4 is 5.32 Å². The highest BCUT2D eigenvalue weighted by Gasteiger charge is 2.17. The summed E-state index contributed by atoms with van der Waals surface area (Å²) in [5.74, 6) is -0.609. The van der Waals surface area contributed by atoms with Gasteiger partial charge in [0.25, 0.3) is 11.6 Å². The maximum Gasteiger partial charge on any atom is 0.288 e. The molecule has 0 aliphatic rings. The number of nitrogens with one attached hydrogen (secondary N) is 1. The van der Waals surface area contributed by atoms with Crippen LogP contribution in [-0.2, 0) is 0 Å². The molecule has 2 rings (SSSR count). The SMILES string of the molecule is O=C(Nc1cnns1)c1cc([N+](=O)[O-])cnc1Cl. The minimum Gasteiger partial charge on any atom is -0.311 e. The summed E-state index contributed by atoms with van der Waals surface area (Å²) < 4.78 is 3.56. The predicted octanol–water partition coefficient (Wildman–Crippen LogP) is 1.75. The molecule has 18 heavy (non-hydrogen) atoms. The number of nitro groups is 1. The van der Waals surface area contributed by atoms with Gasteiger partial charge in [-0.3, -0.25) is 14.9 Å². The van der Waals surface area contributed by atoms with Crippen LogP contribution >= 0.6 is 23.1 Å². The normalized spacial score (nSPS) is 10.1. The predicted molar refractivity (Wildman–Crippen MR) is 63.8 cm³/mol. The van der Waals surface area contributed by atoms with Crippen molar-refractivity contribution >= 4 is 39.7 Å². The number of anilines is 1. The molecule has 2 aromatic heterocycles. The van der Waals surface area contributed by atoms with E-state index in [-0.39, 0.29) is 16.4 Å². The van der Waals surface area contributed by atoms with Crippen LogP contribution in [0.15, 0.2) is 18.5 Å². The van der Waals surface area contributed by atoms with Gasteiger partial charge in [0, 0.05) is 17.6 Å². The molecule has 2 heterocycles. The Kier molecular flexibility index (Phi) is 3.44. The summed E-state index contributed by atoms with van der Waals surface area (Å²) in [6.45, 7) is 0. The minimum absolute atomic E-state index is 0.0840. The number of halogens is 1. The second-order valence-corrected chi connectivity index (χ2v) is 4.17. The summed E-state index contributed by atoms with van der Waals surface area (Å²) in [5, 5.41) is 16.9. The smallest absolute Gasteiger partial charge is 0.288 e. The van der Waals surface area contributed by atoms with Gasteiger partial charge in [0.2, 0.25) is 0 Å². The zero-order valence-electron chi connectivity index (χ0n) is 8.53. The number of amides is 1. The van der Waals surface area contributed by atoms with Crippen molar-refractivity contribution < 1.29 is 9.72 Å². The van der Waals surface area contributed by atoms with E-state index < -0.39 is 10.8 Å². The van der Waals surface area contributed by atoms with Gasteiger partial charge in [-0.15, -0.1) is 5.10 Å². The van der Waals surface area contributed by atoms with Crippen LogP contribution in [-0.4, -0.2) is 25.4 Å². The van der Waals surface area contributed by atoms with E-state index in [0.717, 1.165) is 23.8 Å². The van der Waals surface area contributed by atoms with Crippen molar-refractivity contribution in [2.24, 2.45) is 0 Å². The van der Waals surface area contributed by atoms with Crippen LogP contribution in [0.5, 0.6) is 0 Å². The number of carbonyl (C=O) groups is 1. The molecule has 92 valence electrons. The van der Waals surface area contributed by atoms with E-state index in [2.05, 4.69) is 19.9 Å². The lowest BCUT2D eigenvalue weighted by Crippen LogP contribution is -2.12. The number of pyridine rings is 1. The second-order valence-electron chi connectivity index (χ2n) is 3.02. The number of hydrogen-bond acceptors (Lipinski definition) is 7. The Hall–Kier alpha value is -2.13. The Balaban J connectivity index is 2.29. The van der Waals surface area contributed by atoms with Gasteiger partial charge in [-0.1, -0.05) is 16.1 Å². The summed E-state index contributed by atoms with van der Waals surface area (Å²) in [6, 6.07) is 1.05. The van der Waals surface area contributed by atoms with Crippen LogP contribution in [0.3, 0.4) is 0 Å². The topological polar surface area (TPSA) is 111 Å². The number of rotatable bonds is 3. The molecule has 0 unspecified atom stereocenters. The fraction of sp³-hybridized carbons (Fsp3) is 0. The fourth-order valence-corrected chi connectivity index (χ4v) is 1.70. The first-order valence-corrected chi connectivity index (χ1v) is 5.61. The standard InChI is InChI=1S/C8H4ClN5O3S/c9-7-5(1-4(2-10-7)14(16)17)8(15)12-6-3-11-13-18-6/h1-3H,(H,12,15). The van der Waals surface area contributed by atoms with Crippen molar-refractivity contribution in [3.63, 3.8) is 0 Å². The van der Waals surface area contributed by atoms with E-state index in [9.17, 15) is 14.9 Å². The van der Waals surface area contributed by atoms with Gasteiger partial charge in [-0.05, 0) is 0 Å². The van der Waals surface area contributed by atoms with E-state index in [1.807, 2.05) is 0 Å². The minimum atomic E-state index is -0.658. The van der Waals surface area contributed by atoms with Gasteiger partial charge < -0.3 is 5.32 Å². The van der Waals surface area contributed by atoms with Crippen LogP contribution in [0.1, 0.15) is 10.4 Å². The molecule has 0 aromatic carbocycles. The molecule has 2 aromatic rings. The average Bonchev–Trinajstić information content (AvgIpc) is 2.81. The van der Waals surface area contributed by atoms with Gasteiger partial charge in [0.1, 0.15) is 16.4 Å². The van der Waals surface area contributed by atoms with Crippen molar-refractivity contribution in [3.8, 4) is 0 Å². The van der Waals surface area contributed by atoms with Crippen molar-refractivity contribution in [2.75, 3.05) is 5.32 Å². The summed E-state index contributed by atoms with van der Waals surface area (Å²) in [7, 11) is 0. The number of carbonyl (C=O) groups excluding carboxylic acids is 1. The molecule has 0 saturated carbocycles. The van der Waals surface area contributed by atoms with Crippen molar-refractivity contribution in [2.45, 2.75) is 0 Å². The van der Waals surface area contributed by atoms with Crippen molar-refractivity contribution in [1.29, 1.82) is 0 Å². The third-order valence-electron chi connectivity index (χ3n) is 1.88. The molecule has 0 saturated heterocycles. The highest BCUT2D eigenvalue weighted by molar-refractivity contribution is 7.10. The highest BCUT2D eigenvalue weighted by atomic mass is 35.5. The quantitative estimate of drug-likeness (QED) is 0.522. The average molecular weight is 286 g/mol. The molecule has 0 fully saturated rings. The molecule has 0 bridgehead atoms. The summed E-state index contributed by atoms with van der Waals surface area (Å²) >= 11 is 6.69. The van der Waals surface area contributed by atoms with Crippen LogP contribution in [0.2, 0.25) is 5.15 Å². The maximum atomic E-state index is 11.8. The van der Waals surface area contributed by atoms with E-state index in [0.29, 0.717) is 5.00 Å². The lowest BCUT2D eigenvalue weighted by Gasteiger charge is -2.02. The summed E-state index contributed by atoms with van der Waals surface area (Å²) in [6.07, 6.45) is 2.33. The fourth-order valence-electron chi connectivity index (χ4n) is 1.10. The summed E-state index contributed by atoms with van der Waals surface area (Å²) in [5.41, 5.74) is -0.397. The zero-order chi connectivity index (χ0) is 13.1. The van der Waals surface area contributed by atoms with Crippen molar-refractivity contribution in [3.05, 3.63) is 39.3 Å². The highest BCUT2D eigenvalue weighted by Crippen LogP contribution is 2.21. The second kappa shape index (κ2) is 5.02. The Morgan fingerprint density at radius 2 is 2.28 bits per heavy atom. The van der Waals surface area contributed by atoms with Gasteiger partial charge in [-0.2, -0.15) is 0 Å². The maximum absolute atomic E-state index is 11.8. The van der Waals surface area contributed by atoms with E-state index in [1.54, 1.807) is 0 Å². The zero-order valence-corrected chi connectivity index (χ0v) is 10.1. The number of nitrogens with zero attached hydrogens (tertiary/aromatic N) is 4. The van der Waals surface area contributed by atoms with Gasteiger partial charge >= 0.3 is 0 Å². The molecule has 1 amide bonds. The first kappa shape index (κ1) is 12.3. The van der Waals surface area contributed by atoms with Gasteiger partial charge in [0.15, 0.2) is 0 Å². The van der Waals surface area contributed by atoms with Crippen LogP contribution in [0, 0.1) is 10.1 Å². The van der Waals surface area contributed by atoms with Crippen molar-refractivity contribution in [1.82, 2.24) is 14.6 Å². The molecular weight excluding hydrogens is 282 g/mol. The molecular formula is C8H4ClN5O3S. The molecule has 0 atom stereocenters. The molecule has 1 N–H and O–H groups in total. The number of aromatic nitrogens is 3. The van der Waals surface area contributed by atoms with E-state index in [1.165, 1.54) is 6.20 Å². The monoisotopic (exact) mass is 285 g/mol. The molecule has 0 aliphatic carbocycles.